The molecule has 0 saturated heterocycles. The molecule has 0 radical (unpaired) electrons. The summed E-state index contributed by atoms with van der Waals surface area (Å²) < 4.78 is 5.74. The van der Waals surface area contributed by atoms with Gasteiger partial charge in [0.1, 0.15) is 5.56 Å². The largest absolute Gasteiger partial charge is 0.393 e. The molecule has 0 aromatic rings. The van der Waals surface area contributed by atoms with Gasteiger partial charge in [-0.05, 0) is 26.7 Å². The Morgan fingerprint density at radius 3 is 2.36 bits per heavy atom. The molecule has 0 fully saturated rings. The second-order valence-electron chi connectivity index (χ2n) is 4.17. The van der Waals surface area contributed by atoms with Crippen molar-refractivity contribution in [3.05, 3.63) is 0 Å². The molecule has 0 aliphatic rings. The summed E-state index contributed by atoms with van der Waals surface area (Å²) in [5.74, 6) is 0. The lowest BCUT2D eigenvalue weighted by Gasteiger charge is -2.31. The van der Waals surface area contributed by atoms with Crippen molar-refractivity contribution in [2.24, 2.45) is 0 Å². The van der Waals surface area contributed by atoms with Crippen molar-refractivity contribution in [1.82, 2.24) is 0 Å². The van der Waals surface area contributed by atoms with Crippen LogP contribution in [0.15, 0.2) is 0 Å². The maximum Gasteiger partial charge on any atom is 0.134 e. The van der Waals surface area contributed by atoms with E-state index in [0.717, 1.165) is 19.3 Å². The molecule has 1 N–H and O–H groups in total. The Labute approximate surface area is 92.6 Å². The minimum atomic E-state index is -0.403. The van der Waals surface area contributed by atoms with Crippen molar-refractivity contribution in [2.75, 3.05) is 0 Å². The van der Waals surface area contributed by atoms with Gasteiger partial charge in [-0.15, -0.1) is 0 Å². The van der Waals surface area contributed by atoms with Gasteiger partial charge in [0, 0.05) is 6.42 Å². The Bertz CT molecular complexity index is 150. The average molecular weight is 223 g/mol. The molecule has 0 spiro atoms. The van der Waals surface area contributed by atoms with E-state index in [1.54, 1.807) is 6.92 Å². The summed E-state index contributed by atoms with van der Waals surface area (Å²) in [6.07, 6.45) is 3.13. The Morgan fingerprint density at radius 1 is 1.43 bits per heavy atom. The van der Waals surface area contributed by atoms with Crippen LogP contribution in [-0.2, 0) is 4.74 Å². The molecule has 3 unspecified atom stereocenters. The van der Waals surface area contributed by atoms with Gasteiger partial charge in [0.25, 0.3) is 0 Å². The van der Waals surface area contributed by atoms with E-state index in [2.05, 4.69) is 20.8 Å². The van der Waals surface area contributed by atoms with Crippen molar-refractivity contribution < 1.29 is 9.84 Å². The van der Waals surface area contributed by atoms with E-state index in [1.165, 1.54) is 0 Å². The summed E-state index contributed by atoms with van der Waals surface area (Å²) in [5.41, 5.74) is -0.526. The molecule has 0 aromatic heterocycles. The maximum absolute atomic E-state index is 9.16. The van der Waals surface area contributed by atoms with Gasteiger partial charge in [0.15, 0.2) is 0 Å². The molecule has 2 nitrogen and oxygen atoms in total. The molecule has 0 aromatic carbocycles. The lowest BCUT2D eigenvalue weighted by Crippen LogP contribution is -2.32. The molecule has 0 bridgehead atoms. The Balaban J connectivity index is 4.02. The first kappa shape index (κ1) is 14.2. The first-order valence-electron chi connectivity index (χ1n) is 5.43. The summed E-state index contributed by atoms with van der Waals surface area (Å²) in [6.45, 7) is 8.03. The van der Waals surface area contributed by atoms with Crippen LogP contribution in [-0.4, -0.2) is 22.4 Å². The van der Waals surface area contributed by atoms with Crippen LogP contribution in [0.1, 0.15) is 53.4 Å². The Morgan fingerprint density at radius 2 is 2.00 bits per heavy atom. The summed E-state index contributed by atoms with van der Waals surface area (Å²) in [4.78, 5) is 0. The number of ether oxygens (including phenoxy) is 1. The molecule has 3 heteroatoms. The van der Waals surface area contributed by atoms with Crippen LogP contribution in [0.3, 0.4) is 0 Å². The molecular weight excluding hydrogens is 200 g/mol. The summed E-state index contributed by atoms with van der Waals surface area (Å²) in [6, 6.07) is 0. The van der Waals surface area contributed by atoms with Gasteiger partial charge in [-0.25, -0.2) is 0 Å². The van der Waals surface area contributed by atoms with E-state index >= 15 is 0 Å². The first-order chi connectivity index (χ1) is 6.43. The Kier molecular flexibility index (Phi) is 6.75. The van der Waals surface area contributed by atoms with E-state index in [4.69, 9.17) is 21.4 Å². The minimum absolute atomic E-state index is 0.143. The number of hydrogen-bond donors (Lipinski definition) is 1. The van der Waals surface area contributed by atoms with E-state index in [9.17, 15) is 0 Å². The van der Waals surface area contributed by atoms with Crippen molar-refractivity contribution >= 4 is 11.6 Å². The van der Waals surface area contributed by atoms with Crippen LogP contribution >= 0.6 is 11.6 Å². The van der Waals surface area contributed by atoms with Crippen molar-refractivity contribution in [2.45, 2.75) is 70.6 Å². The lowest BCUT2D eigenvalue weighted by molar-refractivity contribution is -0.0693. The molecule has 0 heterocycles. The summed E-state index contributed by atoms with van der Waals surface area (Å²) in [5, 5.41) is 9.16. The second-order valence-corrected chi connectivity index (χ2v) is 4.65. The standard InChI is InChI=1S/C11H23ClO2/c1-5-7-11(4,6-2)14-10(12)8-9(3)13/h9-10,13H,5-8H2,1-4H3. The molecule has 0 rings (SSSR count). The zero-order valence-corrected chi connectivity index (χ0v) is 10.5. The number of halogens is 1. The van der Waals surface area contributed by atoms with Gasteiger partial charge in [0.05, 0.1) is 11.7 Å². The minimum Gasteiger partial charge on any atom is -0.393 e. The highest BCUT2D eigenvalue weighted by atomic mass is 35.5. The highest BCUT2D eigenvalue weighted by Gasteiger charge is 2.25. The van der Waals surface area contributed by atoms with E-state index in [0.29, 0.717) is 6.42 Å². The summed E-state index contributed by atoms with van der Waals surface area (Å²) >= 11 is 5.99. The molecular formula is C11H23ClO2. The van der Waals surface area contributed by atoms with Gasteiger partial charge in [-0.3, -0.25) is 0 Å². The zero-order chi connectivity index (χ0) is 11.2. The maximum atomic E-state index is 9.16. The second kappa shape index (κ2) is 6.65. The molecule has 86 valence electrons. The van der Waals surface area contributed by atoms with Crippen LogP contribution in [0.2, 0.25) is 0 Å². The van der Waals surface area contributed by atoms with Crippen molar-refractivity contribution in [1.29, 1.82) is 0 Å². The predicted octanol–water partition coefficient (Wildman–Crippen LogP) is 3.31. The van der Waals surface area contributed by atoms with Gasteiger partial charge >= 0.3 is 0 Å². The fourth-order valence-corrected chi connectivity index (χ4v) is 1.95. The topological polar surface area (TPSA) is 29.5 Å². The fraction of sp³-hybridized carbons (Fsp3) is 1.00. The highest BCUT2D eigenvalue weighted by Crippen LogP contribution is 2.26. The highest BCUT2D eigenvalue weighted by molar-refractivity contribution is 6.19. The number of alkyl halides is 1. The molecule has 0 amide bonds. The summed E-state index contributed by atoms with van der Waals surface area (Å²) in [7, 11) is 0. The lowest BCUT2D eigenvalue weighted by atomic mass is 9.97. The number of hydrogen-bond acceptors (Lipinski definition) is 2. The van der Waals surface area contributed by atoms with Crippen LogP contribution < -0.4 is 0 Å². The molecule has 0 aliphatic heterocycles. The molecule has 0 saturated carbocycles. The third-order valence-corrected chi connectivity index (χ3v) is 2.73. The van der Waals surface area contributed by atoms with E-state index < -0.39 is 6.10 Å². The third-order valence-electron chi connectivity index (χ3n) is 2.47. The number of aliphatic hydroxyl groups excluding tert-OH is 1. The van der Waals surface area contributed by atoms with Gasteiger partial charge < -0.3 is 9.84 Å². The SMILES string of the molecule is CCCC(C)(CC)OC(Cl)CC(C)O. The zero-order valence-electron chi connectivity index (χ0n) is 9.72. The van der Waals surface area contributed by atoms with Gasteiger partial charge in [-0.2, -0.15) is 0 Å². The first-order valence-corrected chi connectivity index (χ1v) is 5.87. The average Bonchev–Trinajstić information content (AvgIpc) is 2.02. The normalized spacial score (nSPS) is 20.1. The Hall–Kier alpha value is 0.210. The fourth-order valence-electron chi connectivity index (χ4n) is 1.47. The third kappa shape index (κ3) is 5.84. The predicted molar refractivity (Wildman–Crippen MR) is 60.6 cm³/mol. The monoisotopic (exact) mass is 222 g/mol. The van der Waals surface area contributed by atoms with Gasteiger partial charge in [0.2, 0.25) is 0 Å². The molecule has 14 heavy (non-hydrogen) atoms. The van der Waals surface area contributed by atoms with E-state index in [1.807, 2.05) is 0 Å². The van der Waals surface area contributed by atoms with Gasteiger partial charge in [-0.1, -0.05) is 31.9 Å². The van der Waals surface area contributed by atoms with Crippen LogP contribution in [0.25, 0.3) is 0 Å². The van der Waals surface area contributed by atoms with Crippen LogP contribution in [0.5, 0.6) is 0 Å². The number of aliphatic hydroxyl groups is 1. The molecule has 0 aliphatic carbocycles. The van der Waals surface area contributed by atoms with Crippen LogP contribution in [0, 0.1) is 0 Å². The van der Waals surface area contributed by atoms with Crippen LogP contribution in [0.4, 0.5) is 0 Å². The van der Waals surface area contributed by atoms with Crippen molar-refractivity contribution in [3.63, 3.8) is 0 Å². The quantitative estimate of drug-likeness (QED) is 0.670. The van der Waals surface area contributed by atoms with E-state index in [-0.39, 0.29) is 11.2 Å². The molecule has 3 atom stereocenters. The smallest absolute Gasteiger partial charge is 0.134 e. The number of rotatable bonds is 7. The van der Waals surface area contributed by atoms with Crippen molar-refractivity contribution in [3.8, 4) is 0 Å².